The summed E-state index contributed by atoms with van der Waals surface area (Å²) >= 11 is 0. The Morgan fingerprint density at radius 3 is 2.76 bits per heavy atom. The van der Waals surface area contributed by atoms with Crippen molar-refractivity contribution in [2.45, 2.75) is 13.5 Å². The molecule has 0 aliphatic rings. The van der Waals surface area contributed by atoms with E-state index in [4.69, 9.17) is 5.11 Å². The van der Waals surface area contributed by atoms with Crippen molar-refractivity contribution >= 4 is 5.69 Å². The number of nitrogens with zero attached hydrogens (tertiary/aromatic N) is 3. The highest BCUT2D eigenvalue weighted by Gasteiger charge is 2.16. The van der Waals surface area contributed by atoms with Crippen LogP contribution in [0.4, 0.5) is 5.69 Å². The first-order chi connectivity index (χ1) is 8.11. The molecule has 0 aliphatic heterocycles. The third-order valence-corrected chi connectivity index (χ3v) is 2.39. The molecule has 0 saturated heterocycles. The van der Waals surface area contributed by atoms with Gasteiger partial charge in [-0.15, -0.1) is 0 Å². The molecule has 0 spiro atoms. The van der Waals surface area contributed by atoms with E-state index in [9.17, 15) is 10.1 Å². The van der Waals surface area contributed by atoms with Crippen molar-refractivity contribution < 1.29 is 10.0 Å². The molecule has 88 valence electrons. The number of nitro groups is 1. The lowest BCUT2D eigenvalue weighted by Crippen LogP contribution is -2.02. The van der Waals surface area contributed by atoms with Crippen molar-refractivity contribution in [1.82, 2.24) is 9.78 Å². The Balaban J connectivity index is 2.57. The Labute approximate surface area is 97.3 Å². The second kappa shape index (κ2) is 4.34. The van der Waals surface area contributed by atoms with Gasteiger partial charge in [0.2, 0.25) is 0 Å². The molecule has 0 fully saturated rings. The minimum Gasteiger partial charge on any atom is -0.392 e. The average molecular weight is 233 g/mol. The smallest absolute Gasteiger partial charge is 0.295 e. The summed E-state index contributed by atoms with van der Waals surface area (Å²) in [5, 5.41) is 24.0. The number of aliphatic hydroxyl groups is 1. The summed E-state index contributed by atoms with van der Waals surface area (Å²) in [5.41, 5.74) is 1.61. The summed E-state index contributed by atoms with van der Waals surface area (Å²) in [4.78, 5) is 10.5. The van der Waals surface area contributed by atoms with Gasteiger partial charge in [-0.2, -0.15) is 5.10 Å². The van der Waals surface area contributed by atoms with Crippen molar-refractivity contribution in [1.29, 1.82) is 0 Å². The molecule has 1 aromatic carbocycles. The molecule has 1 aromatic heterocycles. The molecule has 1 N–H and O–H groups in total. The van der Waals surface area contributed by atoms with Crippen LogP contribution in [0, 0.1) is 17.0 Å². The molecule has 2 aromatic rings. The first-order valence-corrected chi connectivity index (χ1v) is 5.02. The first kappa shape index (κ1) is 11.3. The Kier molecular flexibility index (Phi) is 2.88. The molecule has 0 amide bonds. The van der Waals surface area contributed by atoms with E-state index in [-0.39, 0.29) is 12.3 Å². The van der Waals surface area contributed by atoms with Crippen LogP contribution in [0.25, 0.3) is 5.69 Å². The molecule has 0 atom stereocenters. The van der Waals surface area contributed by atoms with Crippen LogP contribution in [-0.4, -0.2) is 19.8 Å². The molecule has 2 rings (SSSR count). The van der Waals surface area contributed by atoms with E-state index in [0.29, 0.717) is 11.3 Å². The van der Waals surface area contributed by atoms with Crippen molar-refractivity contribution in [2.75, 3.05) is 0 Å². The molecule has 0 saturated carbocycles. The fourth-order valence-corrected chi connectivity index (χ4v) is 1.56. The molecule has 6 nitrogen and oxygen atoms in total. The fraction of sp³-hybridized carbons (Fsp3) is 0.182. The number of aliphatic hydroxyl groups excluding tert-OH is 1. The zero-order valence-corrected chi connectivity index (χ0v) is 9.20. The quantitative estimate of drug-likeness (QED) is 0.644. The van der Waals surface area contributed by atoms with E-state index < -0.39 is 4.92 Å². The summed E-state index contributed by atoms with van der Waals surface area (Å²) in [6, 6.07) is 6.34. The van der Waals surface area contributed by atoms with Gasteiger partial charge in [0.25, 0.3) is 5.69 Å². The van der Waals surface area contributed by atoms with E-state index >= 15 is 0 Å². The predicted molar refractivity (Wildman–Crippen MR) is 60.9 cm³/mol. The van der Waals surface area contributed by atoms with Crippen LogP contribution in [0.15, 0.2) is 30.5 Å². The van der Waals surface area contributed by atoms with Gasteiger partial charge in [-0.05, 0) is 24.6 Å². The maximum absolute atomic E-state index is 11.0. The van der Waals surface area contributed by atoms with E-state index in [1.807, 2.05) is 6.92 Å². The summed E-state index contributed by atoms with van der Waals surface area (Å²) in [6.45, 7) is 1.59. The maximum atomic E-state index is 11.0. The number of aryl methyl sites for hydroxylation is 1. The third-order valence-electron chi connectivity index (χ3n) is 2.39. The Bertz CT molecular complexity index is 563. The summed E-state index contributed by atoms with van der Waals surface area (Å²) < 4.78 is 1.45. The molecular weight excluding hydrogens is 222 g/mol. The summed E-state index contributed by atoms with van der Waals surface area (Å²) in [7, 11) is 0. The minimum absolute atomic E-state index is 0.0698. The van der Waals surface area contributed by atoms with Crippen LogP contribution in [0.5, 0.6) is 0 Å². The largest absolute Gasteiger partial charge is 0.392 e. The third kappa shape index (κ3) is 2.16. The van der Waals surface area contributed by atoms with E-state index in [1.165, 1.54) is 10.7 Å². The van der Waals surface area contributed by atoms with Crippen LogP contribution < -0.4 is 0 Å². The highest BCUT2D eigenvalue weighted by atomic mass is 16.6. The molecule has 17 heavy (non-hydrogen) atoms. The standard InChI is InChI=1S/C11H11N3O3/c1-8-4-5-13(12-8)10-3-2-9(7-15)6-11(10)14(16)17/h2-6,15H,7H2,1H3. The van der Waals surface area contributed by atoms with Gasteiger partial charge in [-0.1, -0.05) is 6.07 Å². The van der Waals surface area contributed by atoms with E-state index in [2.05, 4.69) is 5.10 Å². The van der Waals surface area contributed by atoms with Gasteiger partial charge in [0.05, 0.1) is 17.2 Å². The molecule has 1 heterocycles. The van der Waals surface area contributed by atoms with Gasteiger partial charge in [0.1, 0.15) is 5.69 Å². The SMILES string of the molecule is Cc1ccn(-c2ccc(CO)cc2[N+](=O)[O-])n1. The summed E-state index contributed by atoms with van der Waals surface area (Å²) in [6.07, 6.45) is 1.66. The van der Waals surface area contributed by atoms with Crippen LogP contribution in [-0.2, 0) is 6.61 Å². The molecule has 0 unspecified atom stereocenters. The van der Waals surface area contributed by atoms with Gasteiger partial charge >= 0.3 is 0 Å². The number of rotatable bonds is 3. The van der Waals surface area contributed by atoms with Crippen LogP contribution in [0.3, 0.4) is 0 Å². The van der Waals surface area contributed by atoms with Crippen LogP contribution >= 0.6 is 0 Å². The van der Waals surface area contributed by atoms with Crippen LogP contribution in [0.2, 0.25) is 0 Å². The lowest BCUT2D eigenvalue weighted by molar-refractivity contribution is -0.384. The molecule has 0 aliphatic carbocycles. The highest BCUT2D eigenvalue weighted by molar-refractivity contribution is 5.53. The predicted octanol–water partition coefficient (Wildman–Crippen LogP) is 1.58. The lowest BCUT2D eigenvalue weighted by atomic mass is 10.2. The Hall–Kier alpha value is -2.21. The number of aromatic nitrogens is 2. The Morgan fingerprint density at radius 2 is 2.24 bits per heavy atom. The van der Waals surface area contributed by atoms with Gasteiger partial charge < -0.3 is 5.11 Å². The van der Waals surface area contributed by atoms with Crippen LogP contribution in [0.1, 0.15) is 11.3 Å². The van der Waals surface area contributed by atoms with E-state index in [1.54, 1.807) is 24.4 Å². The normalized spacial score (nSPS) is 10.5. The molecule has 0 radical (unpaired) electrons. The van der Waals surface area contributed by atoms with Crippen molar-refractivity contribution in [3.8, 4) is 5.69 Å². The second-order valence-corrected chi connectivity index (χ2v) is 3.64. The highest BCUT2D eigenvalue weighted by Crippen LogP contribution is 2.23. The second-order valence-electron chi connectivity index (χ2n) is 3.64. The van der Waals surface area contributed by atoms with Gasteiger partial charge in [-0.3, -0.25) is 10.1 Å². The molecular formula is C11H11N3O3. The van der Waals surface area contributed by atoms with Crippen molar-refractivity contribution in [3.63, 3.8) is 0 Å². The van der Waals surface area contributed by atoms with E-state index in [0.717, 1.165) is 5.69 Å². The number of benzene rings is 1. The monoisotopic (exact) mass is 233 g/mol. The zero-order chi connectivity index (χ0) is 12.4. The molecule has 6 heteroatoms. The topological polar surface area (TPSA) is 81.2 Å². The van der Waals surface area contributed by atoms with Crippen molar-refractivity contribution in [2.24, 2.45) is 0 Å². The minimum atomic E-state index is -0.481. The lowest BCUT2D eigenvalue weighted by Gasteiger charge is -2.04. The fourth-order valence-electron chi connectivity index (χ4n) is 1.56. The number of hydrogen-bond donors (Lipinski definition) is 1. The zero-order valence-electron chi connectivity index (χ0n) is 9.20. The molecule has 0 bridgehead atoms. The van der Waals surface area contributed by atoms with Gasteiger partial charge in [-0.25, -0.2) is 4.68 Å². The Morgan fingerprint density at radius 1 is 1.47 bits per heavy atom. The maximum Gasteiger partial charge on any atom is 0.295 e. The number of hydrogen-bond acceptors (Lipinski definition) is 4. The van der Waals surface area contributed by atoms with Crippen molar-refractivity contribution in [3.05, 3.63) is 51.8 Å². The van der Waals surface area contributed by atoms with Gasteiger partial charge in [0.15, 0.2) is 0 Å². The first-order valence-electron chi connectivity index (χ1n) is 5.02. The average Bonchev–Trinajstić information content (AvgIpc) is 2.75. The summed E-state index contributed by atoms with van der Waals surface area (Å²) in [5.74, 6) is 0. The van der Waals surface area contributed by atoms with Gasteiger partial charge in [0, 0.05) is 12.3 Å². The number of nitro benzene ring substituents is 1.